The van der Waals surface area contributed by atoms with Crippen LogP contribution in [0.25, 0.3) is 0 Å². The molecule has 3 aromatic rings. The molecule has 0 atom stereocenters. The largest absolute Gasteiger partial charge is 0.349 e. The minimum atomic E-state index is 0.0347. The van der Waals surface area contributed by atoms with E-state index in [0.717, 1.165) is 38.0 Å². The number of allylic oxidation sites excluding steroid dienone is 1. The lowest BCUT2D eigenvalue weighted by atomic mass is 9.91. The molecule has 1 heterocycles. The Kier molecular flexibility index (Phi) is 7.30. The molecule has 4 rings (SSSR count). The third kappa shape index (κ3) is 5.93. The minimum absolute atomic E-state index is 0.0347. The molecule has 1 amide bonds. The van der Waals surface area contributed by atoms with Crippen molar-refractivity contribution in [1.82, 2.24) is 10.2 Å². The van der Waals surface area contributed by atoms with Gasteiger partial charge in [-0.25, -0.2) is 0 Å². The predicted molar refractivity (Wildman–Crippen MR) is 127 cm³/mol. The first-order valence-electron chi connectivity index (χ1n) is 11.1. The zero-order chi connectivity index (χ0) is 21.3. The summed E-state index contributed by atoms with van der Waals surface area (Å²) in [7, 11) is 0. The fourth-order valence-corrected chi connectivity index (χ4v) is 4.20. The van der Waals surface area contributed by atoms with Gasteiger partial charge in [0.1, 0.15) is 0 Å². The molecule has 3 heteroatoms. The lowest BCUT2D eigenvalue weighted by molar-refractivity contribution is 0.0914. The van der Waals surface area contributed by atoms with Crippen LogP contribution in [0.5, 0.6) is 0 Å². The number of carbonyl (C=O) groups is 1. The maximum absolute atomic E-state index is 12.4. The zero-order valence-corrected chi connectivity index (χ0v) is 17.9. The summed E-state index contributed by atoms with van der Waals surface area (Å²) in [6, 6.07) is 31.1. The van der Waals surface area contributed by atoms with Crippen molar-refractivity contribution in [2.45, 2.75) is 24.8 Å². The van der Waals surface area contributed by atoms with E-state index in [-0.39, 0.29) is 17.9 Å². The molecule has 0 aromatic heterocycles. The van der Waals surface area contributed by atoms with E-state index in [0.29, 0.717) is 0 Å². The first-order chi connectivity index (χ1) is 15.3. The first kappa shape index (κ1) is 21.1. The van der Waals surface area contributed by atoms with E-state index in [1.807, 2.05) is 30.3 Å². The van der Waals surface area contributed by atoms with Crippen molar-refractivity contribution in [2.75, 3.05) is 19.6 Å². The van der Waals surface area contributed by atoms with E-state index in [4.69, 9.17) is 0 Å². The fraction of sp³-hybridized carbons (Fsp3) is 0.250. The summed E-state index contributed by atoms with van der Waals surface area (Å²) in [5.74, 6) is 0.303. The molecule has 0 radical (unpaired) electrons. The third-order valence-electron chi connectivity index (χ3n) is 5.97. The highest BCUT2D eigenvalue weighted by molar-refractivity contribution is 5.94. The Morgan fingerprint density at radius 2 is 1.35 bits per heavy atom. The van der Waals surface area contributed by atoms with Gasteiger partial charge in [0.05, 0.1) is 0 Å². The molecule has 1 aliphatic rings. The predicted octanol–water partition coefficient (Wildman–Crippen LogP) is 5.27. The standard InChI is InChI=1S/C28H30N2O/c31-28(25-15-8-3-9-16-25)29-26-18-21-30(22-19-26)20-10-17-27(23-11-4-1-5-12-23)24-13-6-2-7-14-24/h1-17,26-27H,18-22H2,(H,29,31). The number of hydrogen-bond acceptors (Lipinski definition) is 2. The molecule has 1 fully saturated rings. The highest BCUT2D eigenvalue weighted by Crippen LogP contribution is 2.26. The Morgan fingerprint density at radius 3 is 1.90 bits per heavy atom. The summed E-state index contributed by atoms with van der Waals surface area (Å²) in [6.07, 6.45) is 6.61. The summed E-state index contributed by atoms with van der Waals surface area (Å²) < 4.78 is 0. The zero-order valence-electron chi connectivity index (χ0n) is 17.9. The molecule has 158 valence electrons. The van der Waals surface area contributed by atoms with Gasteiger partial charge in [-0.2, -0.15) is 0 Å². The van der Waals surface area contributed by atoms with Crippen molar-refractivity contribution in [1.29, 1.82) is 0 Å². The highest BCUT2D eigenvalue weighted by atomic mass is 16.1. The SMILES string of the molecule is O=C(NC1CCN(CC=CC(c2ccccc2)c2ccccc2)CC1)c1ccccc1. The number of nitrogens with one attached hydrogen (secondary N) is 1. The smallest absolute Gasteiger partial charge is 0.251 e. The van der Waals surface area contributed by atoms with Gasteiger partial charge in [0, 0.05) is 37.2 Å². The molecule has 3 nitrogen and oxygen atoms in total. The number of rotatable bonds is 7. The van der Waals surface area contributed by atoms with Crippen LogP contribution in [0.1, 0.15) is 40.2 Å². The van der Waals surface area contributed by atoms with Crippen molar-refractivity contribution < 1.29 is 4.79 Å². The van der Waals surface area contributed by atoms with Crippen molar-refractivity contribution in [3.8, 4) is 0 Å². The third-order valence-corrected chi connectivity index (χ3v) is 5.97. The van der Waals surface area contributed by atoms with Gasteiger partial charge in [0.15, 0.2) is 0 Å². The highest BCUT2D eigenvalue weighted by Gasteiger charge is 2.20. The Balaban J connectivity index is 1.30. The molecule has 0 bridgehead atoms. The van der Waals surface area contributed by atoms with Crippen LogP contribution in [0.4, 0.5) is 0 Å². The van der Waals surface area contributed by atoms with Crippen LogP contribution in [-0.4, -0.2) is 36.5 Å². The maximum Gasteiger partial charge on any atom is 0.251 e. The monoisotopic (exact) mass is 410 g/mol. The van der Waals surface area contributed by atoms with Crippen LogP contribution in [0.15, 0.2) is 103 Å². The summed E-state index contributed by atoms with van der Waals surface area (Å²) in [5, 5.41) is 3.19. The van der Waals surface area contributed by atoms with Crippen molar-refractivity contribution in [3.05, 3.63) is 120 Å². The van der Waals surface area contributed by atoms with E-state index in [1.165, 1.54) is 11.1 Å². The molecular weight excluding hydrogens is 380 g/mol. The van der Waals surface area contributed by atoms with Crippen molar-refractivity contribution >= 4 is 5.91 Å². The van der Waals surface area contributed by atoms with E-state index >= 15 is 0 Å². The minimum Gasteiger partial charge on any atom is -0.349 e. The van der Waals surface area contributed by atoms with Gasteiger partial charge in [0.25, 0.3) is 5.91 Å². The molecule has 1 saturated heterocycles. The molecule has 3 aromatic carbocycles. The number of amides is 1. The van der Waals surface area contributed by atoms with Crippen molar-refractivity contribution in [3.63, 3.8) is 0 Å². The van der Waals surface area contributed by atoms with Crippen LogP contribution in [0.3, 0.4) is 0 Å². The average Bonchev–Trinajstić information content (AvgIpc) is 2.84. The molecule has 0 spiro atoms. The molecule has 0 aliphatic carbocycles. The molecule has 0 saturated carbocycles. The number of likely N-dealkylation sites (tertiary alicyclic amines) is 1. The Bertz CT molecular complexity index is 922. The number of piperidine rings is 1. The van der Waals surface area contributed by atoms with Crippen LogP contribution < -0.4 is 5.32 Å². The summed E-state index contributed by atoms with van der Waals surface area (Å²) in [5.41, 5.74) is 3.36. The van der Waals surface area contributed by atoms with Gasteiger partial charge in [0.2, 0.25) is 0 Å². The van der Waals surface area contributed by atoms with E-state index in [2.05, 4.69) is 83.0 Å². The van der Waals surface area contributed by atoms with E-state index < -0.39 is 0 Å². The normalized spacial score (nSPS) is 15.4. The molecular formula is C28H30N2O. The van der Waals surface area contributed by atoms with Crippen LogP contribution >= 0.6 is 0 Å². The van der Waals surface area contributed by atoms with Crippen LogP contribution in [-0.2, 0) is 0 Å². The van der Waals surface area contributed by atoms with E-state index in [1.54, 1.807) is 0 Å². The summed E-state index contributed by atoms with van der Waals surface area (Å²) in [4.78, 5) is 14.8. The molecule has 31 heavy (non-hydrogen) atoms. The fourth-order valence-electron chi connectivity index (χ4n) is 4.20. The van der Waals surface area contributed by atoms with Gasteiger partial charge < -0.3 is 5.32 Å². The van der Waals surface area contributed by atoms with Crippen LogP contribution in [0, 0.1) is 0 Å². The quantitative estimate of drug-likeness (QED) is 0.538. The van der Waals surface area contributed by atoms with Crippen LogP contribution in [0.2, 0.25) is 0 Å². The number of carbonyl (C=O) groups excluding carboxylic acids is 1. The lowest BCUT2D eigenvalue weighted by Crippen LogP contribution is -2.44. The lowest BCUT2D eigenvalue weighted by Gasteiger charge is -2.31. The molecule has 1 aliphatic heterocycles. The Labute approximate surface area is 185 Å². The van der Waals surface area contributed by atoms with Gasteiger partial charge in [-0.1, -0.05) is 91.0 Å². The first-order valence-corrected chi connectivity index (χ1v) is 11.1. The van der Waals surface area contributed by atoms with E-state index in [9.17, 15) is 4.79 Å². The number of hydrogen-bond donors (Lipinski definition) is 1. The van der Waals surface area contributed by atoms with Gasteiger partial charge in [-0.15, -0.1) is 0 Å². The molecule has 1 N–H and O–H groups in total. The number of nitrogens with zero attached hydrogens (tertiary/aromatic N) is 1. The summed E-state index contributed by atoms with van der Waals surface area (Å²) in [6.45, 7) is 2.95. The van der Waals surface area contributed by atoms with Gasteiger partial charge in [-0.05, 0) is 36.1 Å². The summed E-state index contributed by atoms with van der Waals surface area (Å²) >= 11 is 0. The Morgan fingerprint density at radius 1 is 0.839 bits per heavy atom. The van der Waals surface area contributed by atoms with Crippen molar-refractivity contribution in [2.24, 2.45) is 0 Å². The second-order valence-electron chi connectivity index (χ2n) is 8.14. The maximum atomic E-state index is 12.4. The topological polar surface area (TPSA) is 32.3 Å². The van der Waals surface area contributed by atoms with Gasteiger partial charge in [-0.3, -0.25) is 9.69 Å². The van der Waals surface area contributed by atoms with Gasteiger partial charge >= 0.3 is 0 Å². The second-order valence-corrected chi connectivity index (χ2v) is 8.14. The Hall–Kier alpha value is -3.17. The number of benzene rings is 3. The molecule has 0 unspecified atom stereocenters. The average molecular weight is 411 g/mol. The second kappa shape index (κ2) is 10.7.